The third kappa shape index (κ3) is 8.32. The fraction of sp³-hybridized carbons (Fsp3) is 0.200. The second kappa shape index (κ2) is 9.50. The van der Waals surface area contributed by atoms with Gasteiger partial charge in [0.15, 0.2) is 0 Å². The predicted molar refractivity (Wildman–Crippen MR) is 75.0 cm³/mol. The van der Waals surface area contributed by atoms with E-state index in [-0.39, 0.29) is 0 Å². The molecular formula is C15H15F3S. The van der Waals surface area contributed by atoms with Crippen molar-refractivity contribution in [3.8, 4) is 0 Å². The maximum Gasteiger partial charge on any atom is 0.379 e. The predicted octanol–water partition coefficient (Wildman–Crippen LogP) is 5.30. The number of alkyl halides is 3. The summed E-state index contributed by atoms with van der Waals surface area (Å²) in [5, 5.41) is 0. The molecule has 2 aromatic carbocycles. The van der Waals surface area contributed by atoms with Crippen LogP contribution in [0, 0.1) is 0 Å². The summed E-state index contributed by atoms with van der Waals surface area (Å²) >= 11 is 1.96. The lowest BCUT2D eigenvalue weighted by Crippen LogP contribution is -1.82. The van der Waals surface area contributed by atoms with Gasteiger partial charge in [0.2, 0.25) is 0 Å². The lowest BCUT2D eigenvalue weighted by molar-refractivity contribution is 0.00819. The molecule has 102 valence electrons. The van der Waals surface area contributed by atoms with Gasteiger partial charge < -0.3 is 0 Å². The quantitative estimate of drug-likeness (QED) is 0.734. The van der Waals surface area contributed by atoms with Gasteiger partial charge in [-0.2, -0.15) is 24.9 Å². The molecule has 0 aliphatic carbocycles. The first-order valence-electron chi connectivity index (χ1n) is 5.76. The van der Waals surface area contributed by atoms with Crippen LogP contribution in [0.1, 0.15) is 11.1 Å². The van der Waals surface area contributed by atoms with E-state index in [1.54, 1.807) is 0 Å². The number of rotatable bonds is 4. The summed E-state index contributed by atoms with van der Waals surface area (Å²) in [4.78, 5) is 0. The Kier molecular flexibility index (Phi) is 7.82. The molecule has 0 fully saturated rings. The Balaban J connectivity index is 0.000000399. The monoisotopic (exact) mass is 284 g/mol. The van der Waals surface area contributed by atoms with Crippen molar-refractivity contribution in [1.29, 1.82) is 0 Å². The van der Waals surface area contributed by atoms with Crippen molar-refractivity contribution in [2.75, 3.05) is 0 Å². The van der Waals surface area contributed by atoms with Gasteiger partial charge in [0.25, 0.3) is 0 Å². The molecule has 0 bridgehead atoms. The molecule has 0 unspecified atom stereocenters. The van der Waals surface area contributed by atoms with E-state index in [1.807, 2.05) is 11.8 Å². The van der Waals surface area contributed by atoms with Crippen LogP contribution >= 0.6 is 11.8 Å². The van der Waals surface area contributed by atoms with Gasteiger partial charge in [0.1, 0.15) is 0 Å². The summed E-state index contributed by atoms with van der Waals surface area (Å²) in [5.41, 5.74) is 2.80. The molecule has 19 heavy (non-hydrogen) atoms. The highest BCUT2D eigenvalue weighted by atomic mass is 32.2. The van der Waals surface area contributed by atoms with Gasteiger partial charge in [-0.15, -0.1) is 0 Å². The van der Waals surface area contributed by atoms with E-state index >= 15 is 0 Å². The van der Waals surface area contributed by atoms with Crippen LogP contribution in [0.4, 0.5) is 13.2 Å². The molecular weight excluding hydrogens is 269 g/mol. The Labute approximate surface area is 115 Å². The molecule has 2 aromatic rings. The maximum atomic E-state index is 9.67. The molecule has 2 rings (SSSR count). The molecule has 4 heteroatoms. The average Bonchev–Trinajstić information content (AvgIpc) is 2.41. The molecule has 0 aromatic heterocycles. The highest BCUT2D eigenvalue weighted by Gasteiger charge is 1.93. The zero-order valence-electron chi connectivity index (χ0n) is 10.3. The zero-order chi connectivity index (χ0) is 13.9. The largest absolute Gasteiger partial charge is 0.379 e. The van der Waals surface area contributed by atoms with E-state index in [0.717, 1.165) is 11.5 Å². The first-order valence-corrected chi connectivity index (χ1v) is 6.92. The van der Waals surface area contributed by atoms with Crippen LogP contribution in [0.25, 0.3) is 0 Å². The molecule has 0 aliphatic rings. The van der Waals surface area contributed by atoms with Crippen LogP contribution in [0.15, 0.2) is 60.7 Å². The minimum atomic E-state index is -3.67. The topological polar surface area (TPSA) is 0 Å². The van der Waals surface area contributed by atoms with E-state index < -0.39 is 6.68 Å². The minimum absolute atomic E-state index is 1.09. The summed E-state index contributed by atoms with van der Waals surface area (Å²) in [7, 11) is 0. The molecule has 0 atom stereocenters. The normalized spacial score (nSPS) is 9.89. The van der Waals surface area contributed by atoms with Crippen LogP contribution < -0.4 is 0 Å². The molecule has 0 heterocycles. The maximum absolute atomic E-state index is 9.67. The number of halogens is 3. The third-order valence-electron chi connectivity index (χ3n) is 2.22. The van der Waals surface area contributed by atoms with Gasteiger partial charge in [-0.05, 0) is 11.1 Å². The van der Waals surface area contributed by atoms with E-state index in [4.69, 9.17) is 0 Å². The van der Waals surface area contributed by atoms with Gasteiger partial charge in [-0.1, -0.05) is 60.7 Å². The SMILES string of the molecule is FC(F)F.c1ccc(CSCc2ccccc2)cc1. The van der Waals surface area contributed by atoms with Crippen LogP contribution in [0.2, 0.25) is 0 Å². The zero-order valence-corrected chi connectivity index (χ0v) is 11.1. The lowest BCUT2D eigenvalue weighted by atomic mass is 10.2. The Morgan fingerprint density at radius 1 is 0.684 bits per heavy atom. The van der Waals surface area contributed by atoms with Crippen molar-refractivity contribution in [3.63, 3.8) is 0 Å². The van der Waals surface area contributed by atoms with Crippen molar-refractivity contribution in [1.82, 2.24) is 0 Å². The van der Waals surface area contributed by atoms with Gasteiger partial charge in [0.05, 0.1) is 0 Å². The molecule has 0 amide bonds. The van der Waals surface area contributed by atoms with Crippen molar-refractivity contribution in [2.24, 2.45) is 0 Å². The second-order valence-corrected chi connectivity index (χ2v) is 4.70. The molecule has 0 aliphatic heterocycles. The highest BCUT2D eigenvalue weighted by Crippen LogP contribution is 2.17. The second-order valence-electron chi connectivity index (χ2n) is 3.71. The Hall–Kier alpha value is -1.42. The molecule has 0 saturated heterocycles. The summed E-state index contributed by atoms with van der Waals surface area (Å²) < 4.78 is 29.0. The molecule has 0 radical (unpaired) electrons. The van der Waals surface area contributed by atoms with Crippen LogP contribution in [0.5, 0.6) is 0 Å². The average molecular weight is 284 g/mol. The van der Waals surface area contributed by atoms with Gasteiger partial charge in [0, 0.05) is 11.5 Å². The summed E-state index contributed by atoms with van der Waals surface area (Å²) in [5.74, 6) is 2.19. The molecule has 0 saturated carbocycles. The van der Waals surface area contributed by atoms with E-state index in [9.17, 15) is 13.2 Å². The van der Waals surface area contributed by atoms with E-state index in [2.05, 4.69) is 60.7 Å². The van der Waals surface area contributed by atoms with Gasteiger partial charge in [-0.25, -0.2) is 0 Å². The lowest BCUT2D eigenvalue weighted by Gasteiger charge is -2.01. The minimum Gasteiger partial charge on any atom is -0.174 e. The van der Waals surface area contributed by atoms with Crippen LogP contribution in [-0.4, -0.2) is 6.68 Å². The molecule has 0 nitrogen and oxygen atoms in total. The summed E-state index contributed by atoms with van der Waals surface area (Å²) in [6.07, 6.45) is 0. The van der Waals surface area contributed by atoms with Crippen molar-refractivity contribution in [2.45, 2.75) is 18.2 Å². The number of benzene rings is 2. The van der Waals surface area contributed by atoms with Crippen molar-refractivity contribution in [3.05, 3.63) is 71.8 Å². The standard InChI is InChI=1S/C14H14S.CHF3/c1-3-7-13(8-4-1)11-15-12-14-9-5-2-6-10-14;2-1(3)4/h1-10H,11-12H2;1H. The number of hydrogen-bond donors (Lipinski definition) is 0. The first-order chi connectivity index (χ1) is 9.18. The first kappa shape index (κ1) is 15.6. The van der Waals surface area contributed by atoms with Crippen LogP contribution in [-0.2, 0) is 11.5 Å². The molecule has 0 N–H and O–H groups in total. The van der Waals surface area contributed by atoms with E-state index in [1.165, 1.54) is 11.1 Å². The smallest absolute Gasteiger partial charge is 0.174 e. The van der Waals surface area contributed by atoms with Crippen molar-refractivity contribution < 1.29 is 13.2 Å². The van der Waals surface area contributed by atoms with Crippen molar-refractivity contribution >= 4 is 11.8 Å². The third-order valence-corrected chi connectivity index (χ3v) is 3.30. The molecule has 0 spiro atoms. The number of hydrogen-bond acceptors (Lipinski definition) is 1. The van der Waals surface area contributed by atoms with Crippen LogP contribution in [0.3, 0.4) is 0 Å². The van der Waals surface area contributed by atoms with E-state index in [0.29, 0.717) is 0 Å². The van der Waals surface area contributed by atoms with Gasteiger partial charge in [-0.3, -0.25) is 0 Å². The Morgan fingerprint density at radius 3 is 1.32 bits per heavy atom. The Morgan fingerprint density at radius 2 is 1.00 bits per heavy atom. The summed E-state index contributed by atoms with van der Waals surface area (Å²) in [6, 6.07) is 21.2. The summed E-state index contributed by atoms with van der Waals surface area (Å²) in [6.45, 7) is -3.67. The highest BCUT2D eigenvalue weighted by molar-refractivity contribution is 7.97. The number of thioether (sulfide) groups is 1. The fourth-order valence-corrected chi connectivity index (χ4v) is 2.39. The van der Waals surface area contributed by atoms with Gasteiger partial charge >= 0.3 is 6.68 Å². The fourth-order valence-electron chi connectivity index (χ4n) is 1.44. The Bertz CT molecular complexity index is 389.